The number of rotatable bonds is 13. The van der Waals surface area contributed by atoms with E-state index in [1.807, 2.05) is 0 Å². The summed E-state index contributed by atoms with van der Waals surface area (Å²) in [6.07, 6.45) is 15.5. The van der Waals surface area contributed by atoms with Crippen LogP contribution in [0.25, 0.3) is 0 Å². The molecule has 0 aromatic carbocycles. The molecule has 0 aromatic rings. The molecule has 2 heteroatoms. The Balaban J connectivity index is 3.31. The molecule has 0 fully saturated rings. The molecule has 0 saturated carbocycles. The average Bonchev–Trinajstić information content (AvgIpc) is 2.39. The molecule has 1 atom stereocenters. The summed E-state index contributed by atoms with van der Waals surface area (Å²) >= 11 is 0. The highest BCUT2D eigenvalue weighted by Crippen LogP contribution is 2.12. The van der Waals surface area contributed by atoms with Gasteiger partial charge in [0.1, 0.15) is 6.17 Å². The molecule has 0 aliphatic carbocycles. The third-order valence-electron chi connectivity index (χ3n) is 4.40. The molecule has 0 aliphatic heterocycles. The minimum atomic E-state index is 0.304. The molecule has 0 saturated heterocycles. The van der Waals surface area contributed by atoms with Crippen LogP contribution < -0.4 is 5.73 Å². The van der Waals surface area contributed by atoms with Crippen LogP contribution >= 0.6 is 0 Å². The zero-order valence-corrected chi connectivity index (χ0v) is 14.1. The first-order chi connectivity index (χ1) is 9.04. The Kier molecular flexibility index (Phi) is 11.7. The third-order valence-corrected chi connectivity index (χ3v) is 4.40. The van der Waals surface area contributed by atoms with Crippen molar-refractivity contribution in [2.75, 3.05) is 20.6 Å². The summed E-state index contributed by atoms with van der Waals surface area (Å²) in [6, 6.07) is 0. The van der Waals surface area contributed by atoms with E-state index in [1.54, 1.807) is 0 Å². The molecule has 2 nitrogen and oxygen atoms in total. The number of nitrogens with two attached hydrogens (primary N) is 1. The molecule has 116 valence electrons. The minimum absolute atomic E-state index is 0.304. The number of unbranched alkanes of at least 4 members (excludes halogenated alkanes) is 9. The van der Waals surface area contributed by atoms with E-state index in [4.69, 9.17) is 5.73 Å². The van der Waals surface area contributed by atoms with Gasteiger partial charge in [0.05, 0.1) is 20.6 Å². The van der Waals surface area contributed by atoms with Crippen molar-refractivity contribution in [3.63, 3.8) is 0 Å². The van der Waals surface area contributed by atoms with Crippen molar-refractivity contribution in [3.8, 4) is 0 Å². The maximum atomic E-state index is 6.14. The number of quaternary nitrogens is 1. The van der Waals surface area contributed by atoms with Gasteiger partial charge in [-0.25, -0.2) is 0 Å². The molecule has 0 amide bonds. The molecule has 0 rings (SSSR count). The van der Waals surface area contributed by atoms with Crippen molar-refractivity contribution in [1.29, 1.82) is 0 Å². The second-order valence-electron chi connectivity index (χ2n) is 6.66. The molecule has 0 heterocycles. The predicted molar refractivity (Wildman–Crippen MR) is 87.1 cm³/mol. The highest BCUT2D eigenvalue weighted by molar-refractivity contribution is 4.49. The topological polar surface area (TPSA) is 26.0 Å². The van der Waals surface area contributed by atoms with Gasteiger partial charge in [0.15, 0.2) is 0 Å². The summed E-state index contributed by atoms with van der Waals surface area (Å²) in [5, 5.41) is 0. The van der Waals surface area contributed by atoms with Crippen molar-refractivity contribution in [1.82, 2.24) is 0 Å². The molecule has 0 aromatic heterocycles. The van der Waals surface area contributed by atoms with E-state index >= 15 is 0 Å². The van der Waals surface area contributed by atoms with Gasteiger partial charge in [-0.2, -0.15) is 0 Å². The number of hydrogen-bond donors (Lipinski definition) is 1. The Morgan fingerprint density at radius 3 is 1.58 bits per heavy atom. The van der Waals surface area contributed by atoms with Gasteiger partial charge in [0, 0.05) is 6.42 Å². The van der Waals surface area contributed by atoms with Gasteiger partial charge in [-0.05, 0) is 12.8 Å². The first kappa shape index (κ1) is 18.9. The normalized spacial score (nSPS) is 13.7. The van der Waals surface area contributed by atoms with E-state index in [9.17, 15) is 0 Å². The van der Waals surface area contributed by atoms with Crippen LogP contribution in [0.15, 0.2) is 0 Å². The highest BCUT2D eigenvalue weighted by atomic mass is 15.4. The van der Waals surface area contributed by atoms with Gasteiger partial charge >= 0.3 is 0 Å². The zero-order valence-electron chi connectivity index (χ0n) is 14.1. The van der Waals surface area contributed by atoms with Gasteiger partial charge in [-0.1, -0.05) is 65.2 Å². The average molecular weight is 272 g/mol. The summed E-state index contributed by atoms with van der Waals surface area (Å²) in [5.41, 5.74) is 6.14. The van der Waals surface area contributed by atoms with Gasteiger partial charge in [-0.15, -0.1) is 0 Å². The Bertz CT molecular complexity index is 190. The summed E-state index contributed by atoms with van der Waals surface area (Å²) in [7, 11) is 4.53. The lowest BCUT2D eigenvalue weighted by atomic mass is 10.1. The number of nitrogens with zero attached hydrogens (tertiary/aromatic N) is 1. The smallest absolute Gasteiger partial charge is 0.139 e. The van der Waals surface area contributed by atoms with Crippen LogP contribution in [-0.4, -0.2) is 31.3 Å². The fraction of sp³-hybridized carbons (Fsp3) is 1.00. The van der Waals surface area contributed by atoms with Crippen LogP contribution in [0.3, 0.4) is 0 Å². The molecule has 0 aliphatic rings. The lowest BCUT2D eigenvalue weighted by molar-refractivity contribution is -0.915. The van der Waals surface area contributed by atoms with Crippen LogP contribution in [0.1, 0.15) is 84.5 Å². The second kappa shape index (κ2) is 11.7. The Morgan fingerprint density at radius 2 is 1.16 bits per heavy atom. The first-order valence-electron chi connectivity index (χ1n) is 8.62. The van der Waals surface area contributed by atoms with E-state index < -0.39 is 0 Å². The minimum Gasteiger partial charge on any atom is -0.314 e. The SMILES string of the molecule is CCCCCCCCCCCC[N+](C)(C)C(N)CC. The summed E-state index contributed by atoms with van der Waals surface area (Å²) < 4.78 is 0.980. The van der Waals surface area contributed by atoms with Crippen molar-refractivity contribution in [2.24, 2.45) is 5.73 Å². The fourth-order valence-corrected chi connectivity index (χ4v) is 2.67. The second-order valence-corrected chi connectivity index (χ2v) is 6.66. The van der Waals surface area contributed by atoms with Crippen LogP contribution in [-0.2, 0) is 0 Å². The zero-order chi connectivity index (χ0) is 14.6. The molecular weight excluding hydrogens is 232 g/mol. The maximum absolute atomic E-state index is 6.14. The van der Waals surface area contributed by atoms with E-state index in [0.29, 0.717) is 6.17 Å². The first-order valence-corrected chi connectivity index (χ1v) is 8.62. The third kappa shape index (κ3) is 10.4. The van der Waals surface area contributed by atoms with Crippen molar-refractivity contribution in [2.45, 2.75) is 90.6 Å². The summed E-state index contributed by atoms with van der Waals surface area (Å²) in [5.74, 6) is 0. The highest BCUT2D eigenvalue weighted by Gasteiger charge is 2.21. The Morgan fingerprint density at radius 1 is 0.737 bits per heavy atom. The molecule has 0 spiro atoms. The Labute approximate surface area is 122 Å². The predicted octanol–water partition coefficient (Wildman–Crippen LogP) is 4.68. The molecule has 0 radical (unpaired) electrons. The summed E-state index contributed by atoms with van der Waals surface area (Å²) in [6.45, 7) is 5.69. The molecule has 1 unspecified atom stereocenters. The van der Waals surface area contributed by atoms with Crippen LogP contribution in [0, 0.1) is 0 Å². The molecule has 2 N–H and O–H groups in total. The molecule has 0 bridgehead atoms. The monoisotopic (exact) mass is 271 g/mol. The van der Waals surface area contributed by atoms with E-state index in [0.717, 1.165) is 10.9 Å². The van der Waals surface area contributed by atoms with Gasteiger partial charge in [-0.3, -0.25) is 5.73 Å². The van der Waals surface area contributed by atoms with Crippen molar-refractivity contribution in [3.05, 3.63) is 0 Å². The van der Waals surface area contributed by atoms with Gasteiger partial charge in [0.25, 0.3) is 0 Å². The van der Waals surface area contributed by atoms with E-state index in [1.165, 1.54) is 70.8 Å². The van der Waals surface area contributed by atoms with Crippen LogP contribution in [0.4, 0.5) is 0 Å². The maximum Gasteiger partial charge on any atom is 0.139 e. The van der Waals surface area contributed by atoms with E-state index in [-0.39, 0.29) is 0 Å². The van der Waals surface area contributed by atoms with Crippen molar-refractivity contribution >= 4 is 0 Å². The number of hydrogen-bond acceptors (Lipinski definition) is 1. The van der Waals surface area contributed by atoms with Gasteiger partial charge in [0.2, 0.25) is 0 Å². The lowest BCUT2D eigenvalue weighted by Gasteiger charge is -2.35. The fourth-order valence-electron chi connectivity index (χ4n) is 2.67. The molecular formula is C17H39N2+. The Hall–Kier alpha value is -0.0800. The van der Waals surface area contributed by atoms with Crippen molar-refractivity contribution < 1.29 is 4.48 Å². The summed E-state index contributed by atoms with van der Waals surface area (Å²) in [4.78, 5) is 0. The van der Waals surface area contributed by atoms with Crippen LogP contribution in [0.2, 0.25) is 0 Å². The quantitative estimate of drug-likeness (QED) is 0.294. The standard InChI is InChI=1S/C17H39N2/c1-5-7-8-9-10-11-12-13-14-15-16-19(3,4)17(18)6-2/h17H,5-16,18H2,1-4H3/q+1. The molecule has 19 heavy (non-hydrogen) atoms. The van der Waals surface area contributed by atoms with E-state index in [2.05, 4.69) is 27.9 Å². The lowest BCUT2D eigenvalue weighted by Crippen LogP contribution is -2.53. The largest absolute Gasteiger partial charge is 0.314 e. The van der Waals surface area contributed by atoms with Gasteiger partial charge < -0.3 is 4.48 Å². The van der Waals surface area contributed by atoms with Crippen LogP contribution in [0.5, 0.6) is 0 Å².